The maximum Gasteiger partial charge on any atom is 0.328 e. The molecule has 0 spiro atoms. The minimum absolute atomic E-state index is 0.125. The number of imide groups is 1. The number of nitrogens with zero attached hydrogens (tertiary/aromatic N) is 3. The number of aromatic nitrogens is 1. The lowest BCUT2D eigenvalue weighted by Gasteiger charge is -2.22. The Morgan fingerprint density at radius 1 is 1.48 bits per heavy atom. The average Bonchev–Trinajstić information content (AvgIpc) is 3.10. The third kappa shape index (κ3) is 2.87. The first kappa shape index (κ1) is 13.9. The van der Waals surface area contributed by atoms with Crippen molar-refractivity contribution in [1.29, 1.82) is 0 Å². The van der Waals surface area contributed by atoms with Gasteiger partial charge in [-0.2, -0.15) is 0 Å². The molecule has 3 heterocycles. The molecule has 112 valence electrons. The summed E-state index contributed by atoms with van der Waals surface area (Å²) in [5, 5.41) is 3.06. The molecule has 2 aliphatic heterocycles. The number of carbonyl (C=O) groups is 2. The highest BCUT2D eigenvalue weighted by Gasteiger charge is 2.35. The van der Waals surface area contributed by atoms with Crippen LogP contribution in [0.4, 0.5) is 9.59 Å². The van der Waals surface area contributed by atoms with Gasteiger partial charge in [-0.25, -0.2) is 14.5 Å². The number of hydrogen-bond donors (Lipinski definition) is 1. The second-order valence-corrected chi connectivity index (χ2v) is 5.35. The molecule has 0 radical (unpaired) electrons. The molecule has 2 aliphatic rings. The van der Waals surface area contributed by atoms with E-state index in [1.54, 1.807) is 17.2 Å². The largest absolute Gasteiger partial charge is 0.487 e. The van der Waals surface area contributed by atoms with Crippen LogP contribution in [0.5, 0.6) is 5.75 Å². The van der Waals surface area contributed by atoms with E-state index < -0.39 is 0 Å². The van der Waals surface area contributed by atoms with Crippen molar-refractivity contribution in [3.05, 3.63) is 23.5 Å². The van der Waals surface area contributed by atoms with E-state index in [1.807, 2.05) is 0 Å². The Hall–Kier alpha value is -2.02. The van der Waals surface area contributed by atoms with Gasteiger partial charge in [0.15, 0.2) is 0 Å². The number of urea groups is 2. The molecule has 1 aromatic rings. The van der Waals surface area contributed by atoms with E-state index in [2.05, 4.69) is 10.3 Å². The first-order valence-corrected chi connectivity index (χ1v) is 7.13. The topological polar surface area (TPSA) is 74.8 Å². The minimum Gasteiger partial charge on any atom is -0.487 e. The van der Waals surface area contributed by atoms with Crippen LogP contribution in [0.1, 0.15) is 6.42 Å². The van der Waals surface area contributed by atoms with E-state index in [9.17, 15) is 9.59 Å². The molecule has 1 aromatic heterocycles. The Balaban J connectivity index is 1.59. The summed E-state index contributed by atoms with van der Waals surface area (Å²) in [5.41, 5.74) is 0. The number of ether oxygens (including phenoxy) is 1. The number of hydrogen-bond acceptors (Lipinski definition) is 4. The van der Waals surface area contributed by atoms with Crippen molar-refractivity contribution in [3.8, 4) is 5.75 Å². The van der Waals surface area contributed by atoms with Gasteiger partial charge >= 0.3 is 12.1 Å². The maximum absolute atomic E-state index is 12.2. The molecule has 1 N–H and O–H groups in total. The van der Waals surface area contributed by atoms with Crippen LogP contribution >= 0.6 is 11.6 Å². The fourth-order valence-electron chi connectivity index (χ4n) is 2.46. The molecule has 1 atom stereocenters. The molecule has 3 rings (SSSR count). The number of nitrogens with one attached hydrogen (secondary N) is 1. The van der Waals surface area contributed by atoms with Gasteiger partial charge in [0, 0.05) is 44.5 Å². The van der Waals surface area contributed by atoms with E-state index in [1.165, 1.54) is 11.1 Å². The number of halogens is 1. The van der Waals surface area contributed by atoms with E-state index in [0.717, 1.165) is 0 Å². The van der Waals surface area contributed by atoms with Crippen LogP contribution in [0.2, 0.25) is 5.02 Å². The van der Waals surface area contributed by atoms with Crippen molar-refractivity contribution in [3.63, 3.8) is 0 Å². The third-order valence-electron chi connectivity index (χ3n) is 3.53. The average molecular weight is 311 g/mol. The third-order valence-corrected chi connectivity index (χ3v) is 3.82. The fraction of sp³-hybridized carbons (Fsp3) is 0.462. The van der Waals surface area contributed by atoms with Crippen molar-refractivity contribution in [2.45, 2.75) is 12.5 Å². The van der Waals surface area contributed by atoms with Crippen molar-refractivity contribution in [2.24, 2.45) is 0 Å². The number of likely N-dealkylation sites (tertiary alicyclic amines) is 1. The summed E-state index contributed by atoms with van der Waals surface area (Å²) in [6.45, 7) is 1.93. The molecule has 0 aromatic carbocycles. The van der Waals surface area contributed by atoms with E-state index >= 15 is 0 Å². The Labute approximate surface area is 126 Å². The molecule has 0 saturated carbocycles. The summed E-state index contributed by atoms with van der Waals surface area (Å²) in [4.78, 5) is 30.5. The Morgan fingerprint density at radius 2 is 2.33 bits per heavy atom. The van der Waals surface area contributed by atoms with Gasteiger partial charge in [-0.3, -0.25) is 4.98 Å². The van der Waals surface area contributed by atoms with Gasteiger partial charge in [-0.05, 0) is 0 Å². The van der Waals surface area contributed by atoms with Gasteiger partial charge in [0.25, 0.3) is 0 Å². The molecule has 7 nitrogen and oxygen atoms in total. The van der Waals surface area contributed by atoms with Gasteiger partial charge in [-0.15, -0.1) is 0 Å². The number of rotatable bonds is 2. The van der Waals surface area contributed by atoms with Crippen molar-refractivity contribution in [1.82, 2.24) is 20.1 Å². The second-order valence-electron chi connectivity index (χ2n) is 4.95. The Morgan fingerprint density at radius 3 is 3.05 bits per heavy atom. The fourth-order valence-corrected chi connectivity index (χ4v) is 2.62. The van der Waals surface area contributed by atoms with Crippen molar-refractivity contribution < 1.29 is 14.3 Å². The molecular weight excluding hydrogens is 296 g/mol. The quantitative estimate of drug-likeness (QED) is 0.894. The summed E-state index contributed by atoms with van der Waals surface area (Å²) >= 11 is 6.00. The van der Waals surface area contributed by atoms with Gasteiger partial charge in [-0.1, -0.05) is 11.6 Å². The normalized spacial score (nSPS) is 21.6. The molecule has 2 fully saturated rings. The maximum atomic E-state index is 12.2. The molecule has 0 unspecified atom stereocenters. The summed E-state index contributed by atoms with van der Waals surface area (Å²) in [6.07, 6.45) is 3.70. The number of amides is 4. The molecule has 0 bridgehead atoms. The summed E-state index contributed by atoms with van der Waals surface area (Å²) in [5.74, 6) is 0.560. The van der Waals surface area contributed by atoms with Crippen LogP contribution in [0, 0.1) is 0 Å². The molecule has 2 saturated heterocycles. The van der Waals surface area contributed by atoms with Crippen molar-refractivity contribution in [2.75, 3.05) is 26.2 Å². The summed E-state index contributed by atoms with van der Waals surface area (Å²) in [7, 11) is 0. The highest BCUT2D eigenvalue weighted by atomic mass is 35.5. The first-order valence-electron chi connectivity index (χ1n) is 6.75. The van der Waals surface area contributed by atoms with E-state index in [-0.39, 0.29) is 18.2 Å². The lowest BCUT2D eigenvalue weighted by molar-refractivity contribution is 0.162. The van der Waals surface area contributed by atoms with Gasteiger partial charge in [0.05, 0.1) is 6.54 Å². The monoisotopic (exact) mass is 310 g/mol. The molecule has 21 heavy (non-hydrogen) atoms. The Bertz CT molecular complexity index is 568. The summed E-state index contributed by atoms with van der Waals surface area (Å²) in [6, 6.07) is 1.10. The predicted molar refractivity (Wildman–Crippen MR) is 75.4 cm³/mol. The number of pyridine rings is 1. The van der Waals surface area contributed by atoms with Crippen LogP contribution in [0.25, 0.3) is 0 Å². The number of carbonyl (C=O) groups excluding carboxylic acids is 2. The standard InChI is InChI=1S/C13H15ClN4O3/c14-10-7-15-3-1-11(10)21-9-2-5-17(8-9)13(20)18-6-4-16-12(18)19/h1,3,7,9H,2,4-6,8H2,(H,16,19)/t9-/m1/s1. The molecule has 0 aliphatic carbocycles. The smallest absolute Gasteiger partial charge is 0.328 e. The lowest BCUT2D eigenvalue weighted by Crippen LogP contribution is -2.44. The molecular formula is C13H15ClN4O3. The lowest BCUT2D eigenvalue weighted by atomic mass is 10.3. The minimum atomic E-state index is -0.332. The summed E-state index contributed by atoms with van der Waals surface area (Å²) < 4.78 is 5.79. The SMILES string of the molecule is O=C1NCCN1C(=O)N1CC[C@@H](Oc2ccncc2Cl)C1. The molecule has 8 heteroatoms. The second kappa shape index (κ2) is 5.77. The predicted octanol–water partition coefficient (Wildman–Crippen LogP) is 1.33. The first-order chi connectivity index (χ1) is 10.1. The van der Waals surface area contributed by atoms with Gasteiger partial charge in [0.1, 0.15) is 16.9 Å². The van der Waals surface area contributed by atoms with Gasteiger partial charge in [0.2, 0.25) is 0 Å². The van der Waals surface area contributed by atoms with Crippen LogP contribution in [0.15, 0.2) is 18.5 Å². The van der Waals surface area contributed by atoms with E-state index in [4.69, 9.17) is 16.3 Å². The zero-order valence-electron chi connectivity index (χ0n) is 11.3. The van der Waals surface area contributed by atoms with Crippen LogP contribution < -0.4 is 10.1 Å². The van der Waals surface area contributed by atoms with Crippen LogP contribution in [-0.2, 0) is 0 Å². The Kier molecular flexibility index (Phi) is 3.83. The highest BCUT2D eigenvalue weighted by molar-refractivity contribution is 6.31. The highest BCUT2D eigenvalue weighted by Crippen LogP contribution is 2.26. The van der Waals surface area contributed by atoms with E-state index in [0.29, 0.717) is 43.4 Å². The van der Waals surface area contributed by atoms with Crippen LogP contribution in [0.3, 0.4) is 0 Å². The van der Waals surface area contributed by atoms with Gasteiger partial charge < -0.3 is 15.0 Å². The van der Waals surface area contributed by atoms with Crippen molar-refractivity contribution >= 4 is 23.7 Å². The zero-order chi connectivity index (χ0) is 14.8. The zero-order valence-corrected chi connectivity index (χ0v) is 12.0. The molecule has 4 amide bonds. The van der Waals surface area contributed by atoms with Crippen LogP contribution in [-0.4, -0.2) is 59.1 Å².